The van der Waals surface area contributed by atoms with E-state index in [1.54, 1.807) is 11.8 Å². The van der Waals surface area contributed by atoms with Crippen LogP contribution in [0.1, 0.15) is 52.4 Å². The second-order valence-corrected chi connectivity index (χ2v) is 7.09. The molecule has 1 saturated carbocycles. The molecule has 0 saturated heterocycles. The van der Waals surface area contributed by atoms with Crippen LogP contribution in [0.15, 0.2) is 0 Å². The first-order valence-corrected chi connectivity index (χ1v) is 8.85. The number of thiol groups is 1. The lowest BCUT2D eigenvalue weighted by Crippen LogP contribution is -2.32. The molecule has 1 fully saturated rings. The molecule has 0 radical (unpaired) electrons. The van der Waals surface area contributed by atoms with Crippen molar-refractivity contribution in [3.05, 3.63) is 0 Å². The van der Waals surface area contributed by atoms with Crippen LogP contribution < -0.4 is 5.32 Å². The molecule has 1 N–H and O–H groups in total. The number of rotatable bonds is 6. The van der Waals surface area contributed by atoms with Crippen molar-refractivity contribution in [1.29, 1.82) is 0 Å². The lowest BCUT2D eigenvalue weighted by atomic mass is 9.84. The maximum Gasteiger partial charge on any atom is 0.230 e. The summed E-state index contributed by atoms with van der Waals surface area (Å²) in [7, 11) is 0. The Bertz CT molecular complexity index is 248. The number of hydrogen-bond donors (Lipinski definition) is 2. The zero-order valence-electron chi connectivity index (χ0n) is 11.7. The molecule has 0 aromatic carbocycles. The molecule has 1 aliphatic carbocycles. The zero-order chi connectivity index (χ0) is 13.4. The van der Waals surface area contributed by atoms with Crippen LogP contribution in [0.3, 0.4) is 0 Å². The van der Waals surface area contributed by atoms with Crippen molar-refractivity contribution in [2.75, 3.05) is 17.3 Å². The highest BCUT2D eigenvalue weighted by Gasteiger charge is 2.29. The van der Waals surface area contributed by atoms with E-state index < -0.39 is 0 Å². The molecule has 18 heavy (non-hydrogen) atoms. The summed E-state index contributed by atoms with van der Waals surface area (Å²) in [6.07, 6.45) is 7.98. The highest BCUT2D eigenvalue weighted by atomic mass is 32.2. The van der Waals surface area contributed by atoms with Crippen LogP contribution in [-0.4, -0.2) is 29.2 Å². The first-order valence-electron chi connectivity index (χ1n) is 7.06. The van der Waals surface area contributed by atoms with Crippen LogP contribution in [0.4, 0.5) is 0 Å². The molecule has 1 rings (SSSR count). The van der Waals surface area contributed by atoms with Gasteiger partial charge in [0.05, 0.1) is 5.75 Å². The van der Waals surface area contributed by atoms with E-state index in [2.05, 4.69) is 17.9 Å². The van der Waals surface area contributed by atoms with Crippen molar-refractivity contribution < 1.29 is 4.79 Å². The lowest BCUT2D eigenvalue weighted by Gasteiger charge is -2.30. The van der Waals surface area contributed by atoms with Crippen molar-refractivity contribution in [3.63, 3.8) is 0 Å². The van der Waals surface area contributed by atoms with Gasteiger partial charge >= 0.3 is 0 Å². The Hall–Kier alpha value is 0.170. The van der Waals surface area contributed by atoms with E-state index >= 15 is 0 Å². The minimum atomic E-state index is 0.165. The van der Waals surface area contributed by atoms with E-state index in [9.17, 15) is 4.79 Å². The average molecular weight is 290 g/mol. The summed E-state index contributed by atoms with van der Waals surface area (Å²) < 4.78 is 0. The topological polar surface area (TPSA) is 29.1 Å². The second-order valence-electron chi connectivity index (χ2n) is 5.79. The van der Waals surface area contributed by atoms with Crippen molar-refractivity contribution in [2.45, 2.75) is 58.4 Å². The number of amides is 1. The molecule has 0 aromatic heterocycles. The number of carbonyl (C=O) groups is 1. The Morgan fingerprint density at radius 3 is 2.39 bits per heavy atom. The van der Waals surface area contributed by atoms with Gasteiger partial charge in [-0.15, -0.1) is 0 Å². The number of nitrogens with one attached hydrogen (secondary N) is 1. The summed E-state index contributed by atoms with van der Waals surface area (Å²) >= 11 is 6.35. The van der Waals surface area contributed by atoms with E-state index in [0.29, 0.717) is 11.2 Å². The zero-order valence-corrected chi connectivity index (χ0v) is 13.4. The van der Waals surface area contributed by atoms with Gasteiger partial charge in [0.15, 0.2) is 0 Å². The highest BCUT2D eigenvalue weighted by molar-refractivity contribution is 8.00. The van der Waals surface area contributed by atoms with Crippen LogP contribution in [0.5, 0.6) is 0 Å². The van der Waals surface area contributed by atoms with E-state index in [4.69, 9.17) is 0 Å². The maximum absolute atomic E-state index is 11.6. The number of thioether (sulfide) groups is 1. The highest BCUT2D eigenvalue weighted by Crippen LogP contribution is 2.38. The van der Waals surface area contributed by atoms with Crippen LogP contribution in [0.25, 0.3) is 0 Å². The van der Waals surface area contributed by atoms with Gasteiger partial charge in [-0.05, 0) is 37.9 Å². The Morgan fingerprint density at radius 2 is 1.89 bits per heavy atom. The van der Waals surface area contributed by atoms with Crippen molar-refractivity contribution in [2.24, 2.45) is 5.41 Å². The molecule has 0 atom stereocenters. The van der Waals surface area contributed by atoms with Gasteiger partial charge in [-0.25, -0.2) is 0 Å². The normalized spacial score (nSPS) is 19.6. The molecule has 0 aliphatic heterocycles. The first-order chi connectivity index (χ1) is 8.58. The quantitative estimate of drug-likeness (QED) is 0.579. The van der Waals surface area contributed by atoms with Crippen LogP contribution in [-0.2, 0) is 4.79 Å². The fraction of sp³-hybridized carbons (Fsp3) is 0.929. The smallest absolute Gasteiger partial charge is 0.230 e. The van der Waals surface area contributed by atoms with E-state index in [1.807, 2.05) is 13.8 Å². The van der Waals surface area contributed by atoms with Crippen molar-refractivity contribution in [3.8, 4) is 0 Å². The van der Waals surface area contributed by atoms with Gasteiger partial charge in [-0.1, -0.05) is 25.7 Å². The largest absolute Gasteiger partial charge is 0.353 e. The van der Waals surface area contributed by atoms with E-state index in [1.165, 1.54) is 38.5 Å². The van der Waals surface area contributed by atoms with E-state index in [0.717, 1.165) is 11.5 Å². The van der Waals surface area contributed by atoms with Crippen LogP contribution >= 0.6 is 24.4 Å². The molecule has 0 aromatic rings. The third-order valence-corrected chi connectivity index (χ3v) is 5.54. The Labute approximate surface area is 121 Å². The fourth-order valence-corrected chi connectivity index (χ4v) is 4.32. The SMILES string of the molecule is CC(C)NC(=O)CSCC1(CS)CCCCCC1. The van der Waals surface area contributed by atoms with Crippen LogP contribution in [0.2, 0.25) is 0 Å². The Balaban J connectivity index is 2.32. The van der Waals surface area contributed by atoms with Crippen molar-refractivity contribution in [1.82, 2.24) is 5.32 Å². The average Bonchev–Trinajstić information content (AvgIpc) is 2.54. The van der Waals surface area contributed by atoms with Gasteiger partial charge in [-0.3, -0.25) is 4.79 Å². The van der Waals surface area contributed by atoms with Crippen molar-refractivity contribution >= 4 is 30.3 Å². The standard InChI is InChI=1S/C14H27NOS2/c1-12(2)15-13(16)9-18-11-14(10-17)7-5-3-4-6-8-14/h12,17H,3-11H2,1-2H3,(H,15,16). The fourth-order valence-electron chi connectivity index (χ4n) is 2.55. The molecule has 0 bridgehead atoms. The molecule has 4 heteroatoms. The molecule has 0 unspecified atom stereocenters. The Morgan fingerprint density at radius 1 is 1.28 bits per heavy atom. The lowest BCUT2D eigenvalue weighted by molar-refractivity contribution is -0.119. The molecule has 0 spiro atoms. The molecular formula is C14H27NOS2. The minimum Gasteiger partial charge on any atom is -0.353 e. The van der Waals surface area contributed by atoms with Gasteiger partial charge in [0.2, 0.25) is 5.91 Å². The molecule has 1 aliphatic rings. The Kier molecular flexibility index (Phi) is 7.54. The molecule has 106 valence electrons. The summed E-state index contributed by atoms with van der Waals surface area (Å²) in [6, 6.07) is 0.245. The minimum absolute atomic E-state index is 0.165. The van der Waals surface area contributed by atoms with Gasteiger partial charge in [-0.2, -0.15) is 24.4 Å². The first kappa shape index (κ1) is 16.2. The maximum atomic E-state index is 11.6. The molecule has 2 nitrogen and oxygen atoms in total. The second kappa shape index (κ2) is 8.36. The number of hydrogen-bond acceptors (Lipinski definition) is 3. The summed E-state index contributed by atoms with van der Waals surface area (Å²) in [6.45, 7) is 4.01. The summed E-state index contributed by atoms with van der Waals surface area (Å²) in [5.74, 6) is 2.81. The van der Waals surface area contributed by atoms with Gasteiger partial charge in [0, 0.05) is 11.8 Å². The predicted octanol–water partition coefficient (Wildman–Crippen LogP) is 3.51. The third-order valence-electron chi connectivity index (χ3n) is 3.59. The molecular weight excluding hydrogens is 262 g/mol. The van der Waals surface area contributed by atoms with Gasteiger partial charge in [0.1, 0.15) is 0 Å². The summed E-state index contributed by atoms with van der Waals surface area (Å²) in [4.78, 5) is 11.6. The van der Waals surface area contributed by atoms with Gasteiger partial charge < -0.3 is 5.32 Å². The predicted molar refractivity (Wildman–Crippen MR) is 84.6 cm³/mol. The van der Waals surface area contributed by atoms with Gasteiger partial charge in [0.25, 0.3) is 0 Å². The monoisotopic (exact) mass is 289 g/mol. The summed E-state index contributed by atoms with van der Waals surface area (Å²) in [5.41, 5.74) is 0.377. The van der Waals surface area contributed by atoms with Crippen LogP contribution in [0, 0.1) is 5.41 Å². The molecule has 1 amide bonds. The number of carbonyl (C=O) groups excluding carboxylic acids is 1. The summed E-state index contributed by atoms with van der Waals surface area (Å²) in [5, 5.41) is 2.94. The third kappa shape index (κ3) is 5.87. The molecule has 0 heterocycles. The van der Waals surface area contributed by atoms with E-state index in [-0.39, 0.29) is 11.9 Å².